The highest BCUT2D eigenvalue weighted by atomic mass is 35.5. The van der Waals surface area contributed by atoms with E-state index in [2.05, 4.69) is 15.4 Å². The molecular weight excluding hydrogens is 278 g/mol. The van der Waals surface area contributed by atoms with Crippen molar-refractivity contribution < 1.29 is 4.79 Å². The predicted molar refractivity (Wildman–Crippen MR) is 75.1 cm³/mol. The summed E-state index contributed by atoms with van der Waals surface area (Å²) in [6.45, 7) is 1.79. The minimum Gasteiger partial charge on any atom is -0.366 e. The highest BCUT2D eigenvalue weighted by molar-refractivity contribution is 6.30. The molecule has 3 N–H and O–H groups in total. The molecule has 0 fully saturated rings. The van der Waals surface area contributed by atoms with E-state index in [4.69, 9.17) is 17.3 Å². The lowest BCUT2D eigenvalue weighted by atomic mass is 9.95. The fourth-order valence-electron chi connectivity index (χ4n) is 2.39. The smallest absolute Gasteiger partial charge is 0.248 e. The summed E-state index contributed by atoms with van der Waals surface area (Å²) < 4.78 is 1.62. The molecule has 1 amide bonds. The van der Waals surface area contributed by atoms with Crippen LogP contribution in [0.1, 0.15) is 18.5 Å². The summed E-state index contributed by atoms with van der Waals surface area (Å²) in [7, 11) is 0. The van der Waals surface area contributed by atoms with Crippen molar-refractivity contribution in [1.29, 1.82) is 0 Å². The summed E-state index contributed by atoms with van der Waals surface area (Å²) in [5.41, 5.74) is 7.47. The third kappa shape index (κ3) is 1.94. The van der Waals surface area contributed by atoms with Crippen LogP contribution in [0.5, 0.6) is 0 Å². The number of anilines is 1. The number of primary amides is 1. The largest absolute Gasteiger partial charge is 0.366 e. The van der Waals surface area contributed by atoms with Gasteiger partial charge in [0.05, 0.1) is 5.57 Å². The fraction of sp³-hybridized carbons (Fsp3) is 0.154. The second kappa shape index (κ2) is 4.64. The molecule has 0 aliphatic carbocycles. The number of benzene rings is 1. The maximum Gasteiger partial charge on any atom is 0.248 e. The van der Waals surface area contributed by atoms with Gasteiger partial charge in [0, 0.05) is 10.7 Å². The lowest BCUT2D eigenvalue weighted by molar-refractivity contribution is -0.115. The Bertz CT molecular complexity index is 721. The maximum atomic E-state index is 11.8. The van der Waals surface area contributed by atoms with Gasteiger partial charge < -0.3 is 11.1 Å². The van der Waals surface area contributed by atoms with E-state index in [1.54, 1.807) is 23.7 Å². The Morgan fingerprint density at radius 2 is 2.30 bits per heavy atom. The zero-order valence-corrected chi connectivity index (χ0v) is 11.4. The summed E-state index contributed by atoms with van der Waals surface area (Å²) in [5.74, 6) is 0.0681. The summed E-state index contributed by atoms with van der Waals surface area (Å²) in [5, 5.41) is 7.78. The van der Waals surface area contributed by atoms with Crippen molar-refractivity contribution in [2.45, 2.75) is 13.0 Å². The average molecular weight is 290 g/mol. The number of rotatable bonds is 2. The number of nitrogens with zero attached hydrogens (tertiary/aromatic N) is 3. The molecule has 0 spiro atoms. The van der Waals surface area contributed by atoms with Gasteiger partial charge in [-0.3, -0.25) is 4.79 Å². The molecule has 102 valence electrons. The van der Waals surface area contributed by atoms with Crippen LogP contribution in [0.15, 0.2) is 41.9 Å². The number of hydrogen-bond acceptors (Lipinski definition) is 4. The Morgan fingerprint density at radius 1 is 1.50 bits per heavy atom. The number of allylic oxidation sites excluding steroid dienone is 1. The molecule has 6 nitrogen and oxygen atoms in total. The topological polar surface area (TPSA) is 85.8 Å². The second-order valence-corrected chi connectivity index (χ2v) is 4.95. The van der Waals surface area contributed by atoms with Gasteiger partial charge >= 0.3 is 0 Å². The van der Waals surface area contributed by atoms with Crippen LogP contribution < -0.4 is 11.1 Å². The SMILES string of the molecule is CC1=C(C(N)=O)[C@@H](c2cccc(Cl)c2)n2ncnc2N1. The fourth-order valence-corrected chi connectivity index (χ4v) is 2.59. The van der Waals surface area contributed by atoms with E-state index in [1.165, 1.54) is 6.33 Å². The molecule has 20 heavy (non-hydrogen) atoms. The minimum atomic E-state index is -0.499. The number of hydrogen-bond donors (Lipinski definition) is 2. The quantitative estimate of drug-likeness (QED) is 0.881. The van der Waals surface area contributed by atoms with Crippen LogP contribution in [-0.2, 0) is 4.79 Å². The van der Waals surface area contributed by atoms with Crippen molar-refractivity contribution in [1.82, 2.24) is 14.8 Å². The number of amides is 1. The number of nitrogens with one attached hydrogen (secondary N) is 1. The van der Waals surface area contributed by atoms with Gasteiger partial charge in [0.25, 0.3) is 0 Å². The highest BCUT2D eigenvalue weighted by Crippen LogP contribution is 2.34. The molecule has 0 radical (unpaired) electrons. The van der Waals surface area contributed by atoms with Gasteiger partial charge in [-0.2, -0.15) is 10.1 Å². The lowest BCUT2D eigenvalue weighted by Crippen LogP contribution is -2.31. The number of fused-ring (bicyclic) bond motifs is 1. The molecular formula is C13H12ClN5O. The molecule has 0 unspecified atom stereocenters. The van der Waals surface area contributed by atoms with Crippen molar-refractivity contribution >= 4 is 23.5 Å². The molecule has 1 aromatic carbocycles. The van der Waals surface area contributed by atoms with Crippen molar-refractivity contribution in [2.75, 3.05) is 5.32 Å². The number of carbonyl (C=O) groups excluding carboxylic acids is 1. The summed E-state index contributed by atoms with van der Waals surface area (Å²) in [6.07, 6.45) is 1.43. The number of nitrogens with two attached hydrogens (primary N) is 1. The Morgan fingerprint density at radius 3 is 3.00 bits per heavy atom. The first-order valence-corrected chi connectivity index (χ1v) is 6.38. The van der Waals surface area contributed by atoms with Gasteiger partial charge in [-0.15, -0.1) is 0 Å². The third-order valence-corrected chi connectivity index (χ3v) is 3.46. The molecule has 1 aliphatic heterocycles. The molecule has 0 bridgehead atoms. The molecule has 1 aliphatic rings. The molecule has 7 heteroatoms. The van der Waals surface area contributed by atoms with Crippen LogP contribution in [0.25, 0.3) is 0 Å². The Hall–Kier alpha value is -2.34. The van der Waals surface area contributed by atoms with Crippen LogP contribution in [-0.4, -0.2) is 20.7 Å². The van der Waals surface area contributed by atoms with E-state index in [0.717, 1.165) is 5.56 Å². The van der Waals surface area contributed by atoms with Crippen molar-refractivity contribution in [3.63, 3.8) is 0 Å². The van der Waals surface area contributed by atoms with E-state index < -0.39 is 11.9 Å². The second-order valence-electron chi connectivity index (χ2n) is 4.51. The van der Waals surface area contributed by atoms with Crippen LogP contribution in [0.3, 0.4) is 0 Å². The Labute approximate surface area is 120 Å². The molecule has 1 aromatic heterocycles. The predicted octanol–water partition coefficient (Wildman–Crippen LogP) is 1.71. The third-order valence-electron chi connectivity index (χ3n) is 3.22. The van der Waals surface area contributed by atoms with Crippen molar-refractivity contribution in [2.24, 2.45) is 5.73 Å². The Balaban J connectivity index is 2.22. The van der Waals surface area contributed by atoms with Crippen LogP contribution in [0.4, 0.5) is 5.95 Å². The zero-order chi connectivity index (χ0) is 14.3. The Kier molecular flexibility index (Phi) is 2.94. The molecule has 0 saturated carbocycles. The molecule has 3 rings (SSSR count). The van der Waals surface area contributed by atoms with Crippen LogP contribution in [0.2, 0.25) is 5.02 Å². The monoisotopic (exact) mass is 289 g/mol. The van der Waals surface area contributed by atoms with E-state index in [-0.39, 0.29) is 0 Å². The summed E-state index contributed by atoms with van der Waals surface area (Å²) in [4.78, 5) is 15.9. The molecule has 0 saturated heterocycles. The summed E-state index contributed by atoms with van der Waals surface area (Å²) >= 11 is 6.04. The van der Waals surface area contributed by atoms with Gasteiger partial charge in [-0.05, 0) is 24.6 Å². The standard InChI is InChI=1S/C13H12ClN5O/c1-7-10(12(15)20)11(8-3-2-4-9(14)5-8)19-13(18-7)16-6-17-19/h2-6,11H,1H3,(H2,15,20)(H,16,17,18)/t11-/m1/s1. The first kappa shape index (κ1) is 12.7. The average Bonchev–Trinajstić information content (AvgIpc) is 2.84. The van der Waals surface area contributed by atoms with Gasteiger partial charge in [-0.1, -0.05) is 23.7 Å². The van der Waals surface area contributed by atoms with Gasteiger partial charge in [0.2, 0.25) is 11.9 Å². The number of halogens is 1. The zero-order valence-electron chi connectivity index (χ0n) is 10.7. The molecule has 2 aromatic rings. The van der Waals surface area contributed by atoms with Crippen LogP contribution >= 0.6 is 11.6 Å². The van der Waals surface area contributed by atoms with Gasteiger partial charge in [-0.25, -0.2) is 4.68 Å². The van der Waals surface area contributed by atoms with E-state index in [9.17, 15) is 4.79 Å². The first-order chi connectivity index (χ1) is 9.58. The lowest BCUT2D eigenvalue weighted by Gasteiger charge is -2.27. The van der Waals surface area contributed by atoms with Gasteiger partial charge in [0.1, 0.15) is 12.4 Å². The van der Waals surface area contributed by atoms with E-state index in [1.807, 2.05) is 12.1 Å². The number of aromatic nitrogens is 3. The maximum absolute atomic E-state index is 11.8. The summed E-state index contributed by atoms with van der Waals surface area (Å²) in [6, 6.07) is 6.84. The van der Waals surface area contributed by atoms with Gasteiger partial charge in [0.15, 0.2) is 0 Å². The molecule has 1 atom stereocenters. The molecule has 2 heterocycles. The number of carbonyl (C=O) groups is 1. The normalized spacial score (nSPS) is 17.6. The minimum absolute atomic E-state index is 0.426. The van der Waals surface area contributed by atoms with E-state index >= 15 is 0 Å². The highest BCUT2D eigenvalue weighted by Gasteiger charge is 2.32. The first-order valence-electron chi connectivity index (χ1n) is 6.00. The van der Waals surface area contributed by atoms with Crippen molar-refractivity contribution in [3.05, 3.63) is 52.4 Å². The van der Waals surface area contributed by atoms with Crippen molar-refractivity contribution in [3.8, 4) is 0 Å². The van der Waals surface area contributed by atoms with E-state index in [0.29, 0.717) is 22.2 Å². The van der Waals surface area contributed by atoms with Crippen LogP contribution in [0, 0.1) is 0 Å².